The van der Waals surface area contributed by atoms with Crippen molar-refractivity contribution in [2.45, 2.75) is 84.2 Å². The number of carbonyl (C=O) groups excluding carboxylic acids is 3. The Labute approximate surface area is 178 Å². The molecule has 8 nitrogen and oxygen atoms in total. The summed E-state index contributed by atoms with van der Waals surface area (Å²) in [5, 5.41) is 6.40. The molecule has 0 radical (unpaired) electrons. The molecule has 4 N–H and O–H groups in total. The third-order valence-electron chi connectivity index (χ3n) is 6.24. The Balaban J connectivity index is 1.85. The zero-order valence-electron chi connectivity index (χ0n) is 18.0. The van der Waals surface area contributed by atoms with Gasteiger partial charge in [0, 0.05) is 6.04 Å². The number of amides is 4. The first-order valence-corrected chi connectivity index (χ1v) is 11.1. The van der Waals surface area contributed by atoms with Crippen LogP contribution in [0.5, 0.6) is 0 Å². The Morgan fingerprint density at radius 3 is 2.45 bits per heavy atom. The molecule has 0 bridgehead atoms. The van der Waals surface area contributed by atoms with Crippen LogP contribution in [0.25, 0.3) is 0 Å². The van der Waals surface area contributed by atoms with Crippen LogP contribution in [0.1, 0.15) is 72.6 Å². The molecule has 2 aliphatic rings. The van der Waals surface area contributed by atoms with Gasteiger partial charge < -0.3 is 10.6 Å². The molecule has 164 valence electrons. The molecule has 4 amide bonds. The van der Waals surface area contributed by atoms with Gasteiger partial charge in [0.25, 0.3) is 11.8 Å². The van der Waals surface area contributed by atoms with Gasteiger partial charge in [-0.15, -0.1) is 0 Å². The number of thiocarbonyl (C=S) groups is 1. The Bertz CT molecular complexity index is 636. The average Bonchev–Trinajstić information content (AvgIpc) is 2.89. The van der Waals surface area contributed by atoms with Gasteiger partial charge in [0.1, 0.15) is 12.1 Å². The zero-order chi connectivity index (χ0) is 21.6. The van der Waals surface area contributed by atoms with Crippen molar-refractivity contribution in [2.75, 3.05) is 6.54 Å². The van der Waals surface area contributed by atoms with Crippen molar-refractivity contribution in [3.05, 3.63) is 0 Å². The lowest BCUT2D eigenvalue weighted by Crippen LogP contribution is -2.54. The van der Waals surface area contributed by atoms with Crippen molar-refractivity contribution >= 4 is 35.2 Å². The number of carbonyl (C=O) groups is 3. The van der Waals surface area contributed by atoms with Crippen molar-refractivity contribution in [3.8, 4) is 0 Å². The molecule has 1 heterocycles. The fraction of sp³-hybridized carbons (Fsp3) is 0.800. The third-order valence-corrected chi connectivity index (χ3v) is 6.46. The van der Waals surface area contributed by atoms with E-state index in [0.717, 1.165) is 30.6 Å². The quantitative estimate of drug-likeness (QED) is 0.283. The van der Waals surface area contributed by atoms with Gasteiger partial charge in [0.2, 0.25) is 0 Å². The molecule has 0 spiro atoms. The maximum atomic E-state index is 12.8. The summed E-state index contributed by atoms with van der Waals surface area (Å²) in [5.74, 6) is 0.304. The number of nitrogens with zero attached hydrogens (tertiary/aromatic N) is 1. The fourth-order valence-corrected chi connectivity index (χ4v) is 4.64. The summed E-state index contributed by atoms with van der Waals surface area (Å²) in [7, 11) is 0. The van der Waals surface area contributed by atoms with Gasteiger partial charge >= 0.3 is 6.03 Å². The van der Waals surface area contributed by atoms with E-state index in [9.17, 15) is 14.4 Å². The lowest BCUT2D eigenvalue weighted by atomic mass is 9.78. The number of urea groups is 1. The summed E-state index contributed by atoms with van der Waals surface area (Å²) >= 11 is 5.28. The molecule has 0 aromatic carbocycles. The van der Waals surface area contributed by atoms with Crippen LogP contribution in [0.2, 0.25) is 0 Å². The van der Waals surface area contributed by atoms with E-state index in [1.54, 1.807) is 0 Å². The largest absolute Gasteiger partial charge is 0.358 e. The van der Waals surface area contributed by atoms with E-state index in [4.69, 9.17) is 12.2 Å². The minimum atomic E-state index is -0.890. The molecule has 0 aromatic heterocycles. The molecule has 1 aliphatic heterocycles. The molecular weight excluding hydrogens is 390 g/mol. The number of hydrogen-bond acceptors (Lipinski definition) is 4. The first-order valence-electron chi connectivity index (χ1n) is 10.7. The topological polar surface area (TPSA) is 103 Å². The van der Waals surface area contributed by atoms with Crippen molar-refractivity contribution in [1.82, 2.24) is 26.4 Å². The Morgan fingerprint density at radius 2 is 1.83 bits per heavy atom. The van der Waals surface area contributed by atoms with Crippen LogP contribution in [0.4, 0.5) is 4.79 Å². The molecule has 3 atom stereocenters. The maximum absolute atomic E-state index is 12.8. The standard InChI is InChI=1S/C20H35N5O3S/c1-5-10-20(11-6-2)17(27)25(19(28)22-20)12-16(26)23-24-18(29)21-15-9-7-8-13(3)14(15)4/h13-15H,5-12H2,1-4H3,(H,22,28)(H,23,26)(H2,21,24,29)/t13-,14+,15+/m1/s1. The highest BCUT2D eigenvalue weighted by Crippen LogP contribution is 2.29. The van der Waals surface area contributed by atoms with E-state index in [1.807, 2.05) is 13.8 Å². The smallest absolute Gasteiger partial charge is 0.325 e. The van der Waals surface area contributed by atoms with Gasteiger partial charge in [0.15, 0.2) is 5.11 Å². The van der Waals surface area contributed by atoms with E-state index >= 15 is 0 Å². The van der Waals surface area contributed by atoms with Gasteiger partial charge in [0.05, 0.1) is 0 Å². The number of rotatable bonds is 7. The van der Waals surface area contributed by atoms with E-state index < -0.39 is 17.5 Å². The van der Waals surface area contributed by atoms with Gasteiger partial charge in [-0.25, -0.2) is 4.79 Å². The van der Waals surface area contributed by atoms with Gasteiger partial charge in [-0.1, -0.05) is 53.4 Å². The molecule has 0 aromatic rings. The van der Waals surface area contributed by atoms with Crippen LogP contribution in [0, 0.1) is 11.8 Å². The van der Waals surface area contributed by atoms with Crippen LogP contribution in [0.15, 0.2) is 0 Å². The highest BCUT2D eigenvalue weighted by Gasteiger charge is 2.50. The highest BCUT2D eigenvalue weighted by molar-refractivity contribution is 7.80. The minimum Gasteiger partial charge on any atom is -0.358 e. The summed E-state index contributed by atoms with van der Waals surface area (Å²) in [5.41, 5.74) is 4.29. The Hall–Kier alpha value is -1.90. The van der Waals surface area contributed by atoms with Gasteiger partial charge in [-0.3, -0.25) is 25.3 Å². The summed E-state index contributed by atoms with van der Waals surface area (Å²) < 4.78 is 0. The summed E-state index contributed by atoms with van der Waals surface area (Å²) in [6.45, 7) is 8.05. The van der Waals surface area contributed by atoms with Crippen LogP contribution < -0.4 is 21.5 Å². The maximum Gasteiger partial charge on any atom is 0.325 e. The number of hydrogen-bond donors (Lipinski definition) is 4. The average molecular weight is 426 g/mol. The first-order chi connectivity index (χ1) is 13.7. The molecule has 0 unspecified atom stereocenters. The normalized spacial score (nSPS) is 26.1. The number of imide groups is 1. The number of nitrogens with one attached hydrogen (secondary N) is 4. The van der Waals surface area contributed by atoms with Gasteiger partial charge in [-0.05, 0) is 43.3 Å². The van der Waals surface area contributed by atoms with E-state index in [0.29, 0.717) is 29.8 Å². The molecule has 1 aliphatic carbocycles. The second kappa shape index (κ2) is 10.2. The zero-order valence-corrected chi connectivity index (χ0v) is 18.8. The molecule has 2 rings (SSSR count). The number of hydrazine groups is 1. The summed E-state index contributed by atoms with van der Waals surface area (Å²) in [4.78, 5) is 38.4. The van der Waals surface area contributed by atoms with Crippen LogP contribution in [-0.2, 0) is 9.59 Å². The van der Waals surface area contributed by atoms with Crippen LogP contribution >= 0.6 is 12.2 Å². The fourth-order valence-electron chi connectivity index (χ4n) is 4.44. The molecule has 1 saturated carbocycles. The van der Waals surface area contributed by atoms with Crippen molar-refractivity contribution in [1.29, 1.82) is 0 Å². The predicted molar refractivity (Wildman–Crippen MR) is 116 cm³/mol. The molecular formula is C20H35N5O3S. The first kappa shape index (κ1) is 23.4. The SMILES string of the molecule is CCCC1(CCC)NC(=O)N(CC(=O)NNC(=S)N[C@H]2CCC[C@@H](C)[C@@H]2C)C1=O. The summed E-state index contributed by atoms with van der Waals surface area (Å²) in [6, 6.07) is -0.247. The van der Waals surface area contributed by atoms with E-state index in [1.165, 1.54) is 6.42 Å². The molecule has 9 heteroatoms. The van der Waals surface area contributed by atoms with Crippen molar-refractivity contribution in [3.63, 3.8) is 0 Å². The third kappa shape index (κ3) is 5.58. The predicted octanol–water partition coefficient (Wildman–Crippen LogP) is 2.20. The lowest BCUT2D eigenvalue weighted by Gasteiger charge is -2.35. The van der Waals surface area contributed by atoms with Crippen LogP contribution in [-0.4, -0.2) is 46.0 Å². The summed E-state index contributed by atoms with van der Waals surface area (Å²) in [6.07, 6.45) is 6.08. The van der Waals surface area contributed by atoms with E-state index in [2.05, 4.69) is 35.3 Å². The monoisotopic (exact) mass is 425 g/mol. The van der Waals surface area contributed by atoms with Gasteiger partial charge in [-0.2, -0.15) is 0 Å². The molecule has 1 saturated heterocycles. The molecule has 2 fully saturated rings. The second-order valence-electron chi connectivity index (χ2n) is 8.42. The Kier molecular flexibility index (Phi) is 8.24. The lowest BCUT2D eigenvalue weighted by molar-refractivity contribution is -0.135. The van der Waals surface area contributed by atoms with Crippen molar-refractivity contribution in [2.24, 2.45) is 11.8 Å². The minimum absolute atomic E-state index is 0.269. The van der Waals surface area contributed by atoms with Crippen LogP contribution in [0.3, 0.4) is 0 Å². The Morgan fingerprint density at radius 1 is 1.17 bits per heavy atom. The molecule has 29 heavy (non-hydrogen) atoms. The van der Waals surface area contributed by atoms with E-state index in [-0.39, 0.29) is 18.5 Å². The highest BCUT2D eigenvalue weighted by atomic mass is 32.1. The van der Waals surface area contributed by atoms with Crippen molar-refractivity contribution < 1.29 is 14.4 Å². The second-order valence-corrected chi connectivity index (χ2v) is 8.83.